The van der Waals surface area contributed by atoms with E-state index >= 15 is 0 Å². The normalized spacial score (nSPS) is 16.8. The number of primary amides is 3. The highest BCUT2D eigenvalue weighted by molar-refractivity contribution is 7.99. The number of benzene rings is 2. The van der Waals surface area contributed by atoms with Gasteiger partial charge in [0.15, 0.2) is 11.7 Å². The van der Waals surface area contributed by atoms with E-state index in [0.717, 1.165) is 6.92 Å². The molecule has 1 aliphatic heterocycles. The van der Waals surface area contributed by atoms with Crippen molar-refractivity contribution in [3.63, 3.8) is 0 Å². The minimum atomic E-state index is -1.99. The molecular weight excluding hydrogens is 1140 g/mol. The van der Waals surface area contributed by atoms with Gasteiger partial charge in [0.1, 0.15) is 41.5 Å². The Hall–Kier alpha value is -8.52. The van der Waals surface area contributed by atoms with Crippen molar-refractivity contribution in [2.24, 2.45) is 39.6 Å². The highest BCUT2D eigenvalue weighted by Crippen LogP contribution is 2.30. The number of nitrogens with one attached hydrogen (secondary N) is 10. The fourth-order valence-electron chi connectivity index (χ4n) is 8.80. The summed E-state index contributed by atoms with van der Waals surface area (Å²) in [5, 5.41) is 34.9. The second-order valence-electron chi connectivity index (χ2n) is 19.6. The number of carbonyl (C=O) groups excluding carboxylic acids is 13. The van der Waals surface area contributed by atoms with E-state index in [0.29, 0.717) is 11.1 Å². The number of ketones is 1. The average Bonchev–Trinajstić information content (AvgIpc) is 3.35. The van der Waals surface area contributed by atoms with Gasteiger partial charge in [-0.05, 0) is 61.7 Å². The third-order valence-electron chi connectivity index (χ3n) is 13.0. The molecule has 1 heterocycles. The molecule has 460 valence electrons. The molecule has 84 heavy (non-hydrogen) atoms. The molecule has 0 radical (unpaired) electrons. The van der Waals surface area contributed by atoms with Crippen molar-refractivity contribution >= 4 is 107 Å². The third kappa shape index (κ3) is 23.8. The topological polar surface area (TPSA) is 505 Å². The smallest absolute Gasteiger partial charge is 0.243 e. The molecule has 0 spiro atoms. The highest BCUT2D eigenvalue weighted by atomic mass is 32.2. The van der Waals surface area contributed by atoms with Gasteiger partial charge in [0, 0.05) is 52.0 Å². The number of carbonyl (C=O) groups is 13. The summed E-state index contributed by atoms with van der Waals surface area (Å²) < 4.78 is 0. The molecule has 2 aromatic rings. The van der Waals surface area contributed by atoms with Gasteiger partial charge < -0.3 is 86.9 Å². The molecule has 9 atom stereocenters. The lowest BCUT2D eigenvalue weighted by Gasteiger charge is -2.36. The third-order valence-corrected chi connectivity index (χ3v) is 14.2. The van der Waals surface area contributed by atoms with Gasteiger partial charge in [0.25, 0.3) is 0 Å². The Bertz CT molecular complexity index is 2720. The number of aromatic hydroxyl groups is 1. The molecule has 1 saturated heterocycles. The summed E-state index contributed by atoms with van der Waals surface area (Å²) in [6.45, 7) is 1.34. The first-order valence-corrected chi connectivity index (χ1v) is 28.4. The number of amides is 12. The van der Waals surface area contributed by atoms with E-state index in [9.17, 15) is 67.4 Å². The molecule has 2 aromatic carbocycles. The van der Waals surface area contributed by atoms with Gasteiger partial charge in [0.2, 0.25) is 70.9 Å². The van der Waals surface area contributed by atoms with Crippen LogP contribution in [0.15, 0.2) is 59.6 Å². The number of guanidine groups is 1. The summed E-state index contributed by atoms with van der Waals surface area (Å²) in [7, 11) is 0. The Morgan fingerprint density at radius 1 is 0.643 bits per heavy atom. The Kier molecular flexibility index (Phi) is 28.9. The van der Waals surface area contributed by atoms with Gasteiger partial charge in [0.05, 0.1) is 36.7 Å². The lowest BCUT2D eigenvalue weighted by atomic mass is 9.79. The SMILES string of the molecule is CS[C@@H](CC(=O)NC(Cc1ccc(O)cc1)C(=O)NC(Cc1ccccc1)C(=O)NC(CCC(N)=O)C(=O)NC(CC(N)=O)C(=O)NC(CS)C(=O)C1CCNC1(CNC(C)=O)C(=O)N[C@H](CCCN=C(N)N)C(=O)NCC(N)=O)NC(C)=O. The molecule has 12 amide bonds. The van der Waals surface area contributed by atoms with E-state index in [1.165, 1.54) is 43.0 Å². The number of phenolic OH excluding ortho intramolecular Hbond substituents is 1. The van der Waals surface area contributed by atoms with E-state index in [1.54, 1.807) is 36.6 Å². The summed E-state index contributed by atoms with van der Waals surface area (Å²) >= 11 is 5.47. The maximum absolute atomic E-state index is 14.6. The Morgan fingerprint density at radius 2 is 1.20 bits per heavy atom. The number of Topliss-reactive ketones (excluding diaryl/α,β-unsaturated/α-hetero) is 1. The van der Waals surface area contributed by atoms with Crippen molar-refractivity contribution in [1.29, 1.82) is 0 Å². The number of aliphatic imine (C=N–C) groups is 1. The highest BCUT2D eigenvalue weighted by Gasteiger charge is 2.54. The summed E-state index contributed by atoms with van der Waals surface area (Å²) in [5.41, 5.74) is 26.1. The molecule has 0 aliphatic carbocycles. The number of rotatable bonds is 36. The minimum absolute atomic E-state index is 0.00881. The summed E-state index contributed by atoms with van der Waals surface area (Å²) in [6.07, 6.45) is -0.876. The summed E-state index contributed by atoms with van der Waals surface area (Å²) in [5.74, 6) is -13.6. The maximum atomic E-state index is 14.6. The van der Waals surface area contributed by atoms with Crippen LogP contribution in [0.5, 0.6) is 5.75 Å². The van der Waals surface area contributed by atoms with Crippen LogP contribution in [0.1, 0.15) is 69.9 Å². The molecule has 1 fully saturated rings. The zero-order valence-electron chi connectivity index (χ0n) is 46.7. The monoisotopic (exact) mass is 1210 g/mol. The first kappa shape index (κ1) is 69.7. The second kappa shape index (κ2) is 34.8. The van der Waals surface area contributed by atoms with E-state index < -0.39 is 168 Å². The molecule has 0 saturated carbocycles. The van der Waals surface area contributed by atoms with Gasteiger partial charge in [-0.1, -0.05) is 42.5 Å². The number of nitrogens with two attached hydrogens (primary N) is 5. The number of thiol groups is 1. The summed E-state index contributed by atoms with van der Waals surface area (Å²) in [4.78, 5) is 177. The van der Waals surface area contributed by atoms with Crippen LogP contribution in [0.2, 0.25) is 0 Å². The molecule has 1 aliphatic rings. The number of phenols is 1. The van der Waals surface area contributed by atoms with Crippen LogP contribution in [-0.4, -0.2) is 173 Å². The molecule has 3 rings (SSSR count). The van der Waals surface area contributed by atoms with Gasteiger partial charge in [-0.3, -0.25) is 67.3 Å². The van der Waals surface area contributed by atoms with E-state index in [-0.39, 0.29) is 63.3 Å². The first-order valence-electron chi connectivity index (χ1n) is 26.4. The van der Waals surface area contributed by atoms with Gasteiger partial charge in [-0.25, -0.2) is 0 Å². The number of hydrogen-bond acceptors (Lipinski definition) is 18. The summed E-state index contributed by atoms with van der Waals surface area (Å²) in [6, 6.07) is 4.64. The largest absolute Gasteiger partial charge is 0.508 e. The van der Waals surface area contributed by atoms with Crippen LogP contribution >= 0.6 is 24.4 Å². The van der Waals surface area contributed by atoms with E-state index in [1.807, 2.05) is 0 Å². The van der Waals surface area contributed by atoms with E-state index in [2.05, 4.69) is 70.8 Å². The predicted octanol–water partition coefficient (Wildman–Crippen LogP) is -5.92. The molecule has 21 N–H and O–H groups in total. The number of thioether (sulfide) groups is 1. The van der Waals surface area contributed by atoms with Crippen molar-refractivity contribution in [1.82, 2.24) is 53.2 Å². The Morgan fingerprint density at radius 3 is 1.76 bits per heavy atom. The Labute approximate surface area is 493 Å². The quantitative estimate of drug-likeness (QED) is 0.00993. The maximum Gasteiger partial charge on any atom is 0.243 e. The van der Waals surface area contributed by atoms with Gasteiger partial charge >= 0.3 is 0 Å². The molecule has 0 bridgehead atoms. The fourth-order valence-corrected chi connectivity index (χ4v) is 9.68. The fraction of sp³-hybridized carbons (Fsp3) is 0.500. The standard InChI is InChI=1S/C52H76N16O14S2/c1-27(69)60-26-52(50(82)68-33(10-7-18-58-51(56)57)45(77)59-24-41(55)74)32(17-19-61-52)44(76)38(25-83)67-49(81)37(22-40(54)73)66-46(78)34(15-16-39(53)72)64-48(80)36(20-29-8-5-4-6-9-29)65-47(79)35(21-30-11-13-31(71)14-12-30)63-42(75)23-43(84-3)62-28(2)70/h4-6,8-9,11-14,32-38,43,61,71,83H,7,10,15-26H2,1-3H3,(H2,53,72)(H2,54,73)(H2,55,74)(H,59,77)(H,60,69)(H,62,70)(H,63,75)(H,64,80)(H,65,79)(H,66,78)(H,67,81)(H,68,82)(H4,56,57,58)/t32?,33-,34?,35?,36?,37?,38?,43+,52?/m1/s1. The minimum Gasteiger partial charge on any atom is -0.508 e. The first-order chi connectivity index (χ1) is 39.7. The van der Waals surface area contributed by atoms with Crippen molar-refractivity contribution in [3.05, 3.63) is 65.7 Å². The van der Waals surface area contributed by atoms with Crippen LogP contribution < -0.4 is 81.8 Å². The zero-order chi connectivity index (χ0) is 62.7. The van der Waals surface area contributed by atoms with Crippen molar-refractivity contribution in [2.75, 3.05) is 38.2 Å². The second-order valence-corrected chi connectivity index (χ2v) is 21.0. The van der Waals surface area contributed by atoms with Crippen LogP contribution in [0.4, 0.5) is 0 Å². The zero-order valence-corrected chi connectivity index (χ0v) is 48.4. The van der Waals surface area contributed by atoms with Crippen molar-refractivity contribution in [3.8, 4) is 5.75 Å². The molecular formula is C52H76N16O14S2. The Balaban J connectivity index is 1.97. The number of nitrogens with zero attached hydrogens (tertiary/aromatic N) is 1. The van der Waals surface area contributed by atoms with Crippen molar-refractivity contribution < 1.29 is 67.4 Å². The lowest BCUT2D eigenvalue weighted by molar-refractivity contribution is -0.139. The predicted molar refractivity (Wildman–Crippen MR) is 310 cm³/mol. The van der Waals surface area contributed by atoms with Crippen LogP contribution in [0.3, 0.4) is 0 Å². The van der Waals surface area contributed by atoms with Gasteiger partial charge in [-0.15, -0.1) is 11.8 Å². The average molecular weight is 1210 g/mol. The van der Waals surface area contributed by atoms with Crippen molar-refractivity contribution in [2.45, 2.75) is 119 Å². The van der Waals surface area contributed by atoms with E-state index in [4.69, 9.17) is 28.7 Å². The molecule has 7 unspecified atom stereocenters. The molecule has 30 nitrogen and oxygen atoms in total. The van der Waals surface area contributed by atoms with Crippen LogP contribution in [0, 0.1) is 5.92 Å². The molecule has 0 aromatic heterocycles. The van der Waals surface area contributed by atoms with Crippen LogP contribution in [0.25, 0.3) is 0 Å². The van der Waals surface area contributed by atoms with Crippen LogP contribution in [-0.2, 0) is 75.2 Å². The van der Waals surface area contributed by atoms with Gasteiger partial charge in [-0.2, -0.15) is 12.6 Å². The lowest BCUT2D eigenvalue weighted by Crippen LogP contribution is -2.67. The molecule has 32 heteroatoms. The number of hydrogen-bond donors (Lipinski definition) is 17.